The lowest BCUT2D eigenvalue weighted by atomic mass is 9.43. The summed E-state index contributed by atoms with van der Waals surface area (Å²) in [5.41, 5.74) is 1.98. The van der Waals surface area contributed by atoms with Crippen molar-refractivity contribution in [3.05, 3.63) is 29.9 Å². The molecule has 2 aromatic heterocycles. The maximum absolute atomic E-state index is 12.9. The number of carbonyl (C=O) groups is 1. The van der Waals surface area contributed by atoms with Crippen LogP contribution in [0.3, 0.4) is 0 Å². The van der Waals surface area contributed by atoms with Crippen molar-refractivity contribution in [1.82, 2.24) is 9.97 Å². The monoisotopic (exact) mass is 551 g/mol. The van der Waals surface area contributed by atoms with Crippen molar-refractivity contribution >= 4 is 22.4 Å². The number of aliphatic hydroxyl groups excluding tert-OH is 2. The SMILES string of the molecule is CC(CCC(=O)Nc1nc(-c2cccnc2)cs1)C1CCC2C3CCC4CC(O)CCC4(C)C3CC(O)C12C. The Balaban J connectivity index is 1.08. The molecule has 0 bridgehead atoms. The zero-order valence-electron chi connectivity index (χ0n) is 23.7. The fraction of sp³-hybridized carbons (Fsp3) is 0.719. The molecule has 4 aliphatic rings. The van der Waals surface area contributed by atoms with E-state index in [0.717, 1.165) is 49.8 Å². The summed E-state index contributed by atoms with van der Waals surface area (Å²) in [5.74, 6) is 3.28. The second-order valence-corrected chi connectivity index (χ2v) is 14.6. The first-order valence-corrected chi connectivity index (χ1v) is 16.1. The molecule has 212 valence electrons. The average Bonchev–Trinajstić information content (AvgIpc) is 3.54. The number of fused-ring (bicyclic) bond motifs is 5. The van der Waals surface area contributed by atoms with Crippen molar-refractivity contribution in [2.75, 3.05) is 5.32 Å². The first kappa shape index (κ1) is 27.3. The summed E-state index contributed by atoms with van der Waals surface area (Å²) in [6.07, 6.45) is 13.1. The van der Waals surface area contributed by atoms with Gasteiger partial charge in [0.2, 0.25) is 5.91 Å². The van der Waals surface area contributed by atoms with Crippen LogP contribution in [0.15, 0.2) is 29.9 Å². The third-order valence-electron chi connectivity index (χ3n) is 12.0. The van der Waals surface area contributed by atoms with Gasteiger partial charge in [0.05, 0.1) is 17.9 Å². The van der Waals surface area contributed by atoms with E-state index in [9.17, 15) is 15.0 Å². The summed E-state index contributed by atoms with van der Waals surface area (Å²) in [6.45, 7) is 7.15. The molecule has 10 unspecified atom stereocenters. The van der Waals surface area contributed by atoms with Gasteiger partial charge in [-0.15, -0.1) is 11.3 Å². The van der Waals surface area contributed by atoms with Gasteiger partial charge in [0.25, 0.3) is 0 Å². The number of nitrogens with zero attached hydrogens (tertiary/aromatic N) is 2. The highest BCUT2D eigenvalue weighted by molar-refractivity contribution is 7.14. The van der Waals surface area contributed by atoms with E-state index in [1.807, 2.05) is 17.5 Å². The summed E-state index contributed by atoms with van der Waals surface area (Å²) in [7, 11) is 0. The zero-order valence-corrected chi connectivity index (χ0v) is 24.5. The number of anilines is 1. The molecule has 1 amide bonds. The number of hydrogen-bond acceptors (Lipinski definition) is 6. The molecular formula is C32H45N3O3S. The Kier molecular flexibility index (Phi) is 7.39. The molecule has 2 heterocycles. The summed E-state index contributed by atoms with van der Waals surface area (Å²) < 4.78 is 0. The molecule has 0 spiro atoms. The summed E-state index contributed by atoms with van der Waals surface area (Å²) in [4.78, 5) is 21.6. The first-order chi connectivity index (χ1) is 18.7. The van der Waals surface area contributed by atoms with Crippen LogP contribution in [0.1, 0.15) is 85.0 Å². The van der Waals surface area contributed by atoms with E-state index in [2.05, 4.69) is 36.1 Å². The van der Waals surface area contributed by atoms with Gasteiger partial charge in [-0.25, -0.2) is 4.98 Å². The van der Waals surface area contributed by atoms with Crippen LogP contribution in [0, 0.1) is 46.3 Å². The third kappa shape index (κ3) is 4.76. The van der Waals surface area contributed by atoms with Crippen LogP contribution in [0.5, 0.6) is 0 Å². The van der Waals surface area contributed by atoms with E-state index in [1.54, 1.807) is 12.4 Å². The minimum atomic E-state index is -0.281. The van der Waals surface area contributed by atoms with Crippen LogP contribution in [-0.4, -0.2) is 38.3 Å². The number of carbonyl (C=O) groups excluding carboxylic acids is 1. The fourth-order valence-corrected chi connectivity index (χ4v) is 10.6. The Morgan fingerprint density at radius 3 is 2.79 bits per heavy atom. The molecule has 0 aliphatic heterocycles. The molecule has 10 atom stereocenters. The number of rotatable bonds is 6. The fourth-order valence-electron chi connectivity index (χ4n) is 9.88. The van der Waals surface area contributed by atoms with Crippen molar-refractivity contribution in [3.63, 3.8) is 0 Å². The topological polar surface area (TPSA) is 95.3 Å². The Bertz CT molecular complexity index is 1170. The molecule has 0 radical (unpaired) electrons. The molecule has 4 fully saturated rings. The summed E-state index contributed by atoms with van der Waals surface area (Å²) >= 11 is 1.45. The van der Waals surface area contributed by atoms with Crippen LogP contribution < -0.4 is 5.32 Å². The predicted molar refractivity (Wildman–Crippen MR) is 155 cm³/mol. The van der Waals surface area contributed by atoms with Gasteiger partial charge in [0.1, 0.15) is 0 Å². The number of nitrogens with one attached hydrogen (secondary N) is 1. The van der Waals surface area contributed by atoms with E-state index in [1.165, 1.54) is 30.6 Å². The van der Waals surface area contributed by atoms with Crippen molar-refractivity contribution in [3.8, 4) is 11.3 Å². The van der Waals surface area contributed by atoms with Crippen molar-refractivity contribution in [2.45, 2.75) is 97.2 Å². The molecule has 6 nitrogen and oxygen atoms in total. The minimum Gasteiger partial charge on any atom is -0.393 e. The maximum Gasteiger partial charge on any atom is 0.226 e. The number of hydrogen-bond donors (Lipinski definition) is 3. The van der Waals surface area contributed by atoms with Crippen LogP contribution in [0.2, 0.25) is 0 Å². The Morgan fingerprint density at radius 1 is 1.15 bits per heavy atom. The van der Waals surface area contributed by atoms with Crippen molar-refractivity contribution in [2.24, 2.45) is 46.3 Å². The largest absolute Gasteiger partial charge is 0.393 e. The van der Waals surface area contributed by atoms with Crippen LogP contribution in [0.25, 0.3) is 11.3 Å². The molecule has 0 saturated heterocycles. The lowest BCUT2D eigenvalue weighted by Gasteiger charge is -2.62. The summed E-state index contributed by atoms with van der Waals surface area (Å²) in [5, 5.41) is 27.7. The molecule has 6 rings (SSSR count). The standard InChI is InChI=1S/C32H45N3O3S/c1-19(6-11-29(38)35-30-34-27(18-39-30)20-5-4-14-33-17-20)24-9-10-25-23-8-7-21-15-22(36)12-13-31(21,2)26(23)16-28(37)32(24,25)3/h4-5,14,17-19,21-26,28,36-37H,6-13,15-16H2,1-3H3,(H,34,35,38). The molecule has 7 heteroatoms. The Morgan fingerprint density at radius 2 is 2.00 bits per heavy atom. The van der Waals surface area contributed by atoms with Gasteiger partial charge >= 0.3 is 0 Å². The van der Waals surface area contributed by atoms with Crippen LogP contribution >= 0.6 is 11.3 Å². The van der Waals surface area contributed by atoms with Gasteiger partial charge in [-0.1, -0.05) is 20.8 Å². The van der Waals surface area contributed by atoms with Crippen molar-refractivity contribution < 1.29 is 15.0 Å². The first-order valence-electron chi connectivity index (χ1n) is 15.2. The molecular weight excluding hydrogens is 506 g/mol. The lowest BCUT2D eigenvalue weighted by Crippen LogP contribution is -2.58. The van der Waals surface area contributed by atoms with Gasteiger partial charge in [0.15, 0.2) is 5.13 Å². The zero-order chi connectivity index (χ0) is 27.4. The van der Waals surface area contributed by atoms with Gasteiger partial charge in [-0.05, 0) is 116 Å². The highest BCUT2D eigenvalue weighted by Crippen LogP contribution is 2.68. The predicted octanol–water partition coefficient (Wildman–Crippen LogP) is 6.55. The van der Waals surface area contributed by atoms with E-state index < -0.39 is 0 Å². The molecule has 2 aromatic rings. The maximum atomic E-state index is 12.9. The molecule has 4 saturated carbocycles. The Labute approximate surface area is 237 Å². The normalized spacial score (nSPS) is 40.3. The molecule has 39 heavy (non-hydrogen) atoms. The van der Waals surface area contributed by atoms with Gasteiger partial charge in [0, 0.05) is 29.8 Å². The van der Waals surface area contributed by atoms with E-state index >= 15 is 0 Å². The summed E-state index contributed by atoms with van der Waals surface area (Å²) in [6, 6.07) is 3.86. The smallest absolute Gasteiger partial charge is 0.226 e. The van der Waals surface area contributed by atoms with Crippen LogP contribution in [-0.2, 0) is 4.79 Å². The van der Waals surface area contributed by atoms with E-state index in [4.69, 9.17) is 0 Å². The second kappa shape index (κ2) is 10.5. The van der Waals surface area contributed by atoms with E-state index in [0.29, 0.717) is 47.1 Å². The lowest BCUT2D eigenvalue weighted by molar-refractivity contribution is -0.174. The van der Waals surface area contributed by atoms with Gasteiger partial charge in [-0.3, -0.25) is 9.78 Å². The van der Waals surface area contributed by atoms with Crippen molar-refractivity contribution in [1.29, 1.82) is 0 Å². The number of thiazole rings is 1. The highest BCUT2D eigenvalue weighted by Gasteiger charge is 2.63. The average molecular weight is 552 g/mol. The number of amides is 1. The van der Waals surface area contributed by atoms with Crippen LogP contribution in [0.4, 0.5) is 5.13 Å². The highest BCUT2D eigenvalue weighted by atomic mass is 32.1. The second-order valence-electron chi connectivity index (χ2n) is 13.7. The number of aromatic nitrogens is 2. The molecule has 3 N–H and O–H groups in total. The number of pyridine rings is 1. The number of aliphatic hydroxyl groups is 2. The van der Waals surface area contributed by atoms with Gasteiger partial charge in [-0.2, -0.15) is 0 Å². The quantitative estimate of drug-likeness (QED) is 0.378. The molecule has 4 aliphatic carbocycles. The van der Waals surface area contributed by atoms with E-state index in [-0.39, 0.29) is 28.9 Å². The molecule has 0 aromatic carbocycles. The Hall–Kier alpha value is -1.83. The minimum absolute atomic E-state index is 0.0172. The third-order valence-corrected chi connectivity index (χ3v) is 12.8. The van der Waals surface area contributed by atoms with Gasteiger partial charge < -0.3 is 15.5 Å².